The maximum absolute atomic E-state index is 13.3. The third-order valence-corrected chi connectivity index (χ3v) is 5.60. The normalized spacial score (nSPS) is 15.4. The van der Waals surface area contributed by atoms with Crippen LogP contribution in [0.3, 0.4) is 0 Å². The van der Waals surface area contributed by atoms with E-state index in [-0.39, 0.29) is 11.5 Å². The van der Waals surface area contributed by atoms with E-state index in [2.05, 4.69) is 15.7 Å². The molecule has 0 aliphatic carbocycles. The molecule has 1 aliphatic heterocycles. The lowest BCUT2D eigenvalue weighted by molar-refractivity contribution is -0.124. The van der Waals surface area contributed by atoms with Crippen molar-refractivity contribution in [1.29, 1.82) is 0 Å². The summed E-state index contributed by atoms with van der Waals surface area (Å²) in [5.74, 6) is -2.00. The van der Waals surface area contributed by atoms with E-state index in [0.29, 0.717) is 22.0 Å². The minimum absolute atomic E-state index is 0.00527. The number of nitrogens with one attached hydrogen (secondary N) is 2. The Morgan fingerprint density at radius 2 is 1.68 bits per heavy atom. The molecule has 2 aromatic carbocycles. The van der Waals surface area contributed by atoms with Crippen LogP contribution in [-0.4, -0.2) is 38.9 Å². The second-order valence-corrected chi connectivity index (χ2v) is 8.06. The number of benzene rings is 2. The van der Waals surface area contributed by atoms with Crippen LogP contribution < -0.4 is 15.6 Å². The van der Waals surface area contributed by atoms with Gasteiger partial charge in [-0.15, -0.1) is 0 Å². The predicted molar refractivity (Wildman–Crippen MR) is 129 cm³/mol. The third kappa shape index (κ3) is 5.03. The number of hydrogen-bond donors (Lipinski definition) is 2. The Bertz CT molecular complexity index is 1240. The molecule has 2 heterocycles. The molecule has 172 valence electrons. The lowest BCUT2D eigenvalue weighted by Gasteiger charge is -2.24. The van der Waals surface area contributed by atoms with Gasteiger partial charge in [0.2, 0.25) is 11.0 Å². The first kappa shape index (κ1) is 23.3. The second-order valence-electron chi connectivity index (χ2n) is 7.25. The summed E-state index contributed by atoms with van der Waals surface area (Å²) >= 11 is 11.4. The van der Waals surface area contributed by atoms with Crippen LogP contribution in [0.5, 0.6) is 0 Å². The van der Waals surface area contributed by atoms with Crippen molar-refractivity contribution in [2.45, 2.75) is 12.5 Å². The molecule has 1 saturated heterocycles. The average Bonchev–Trinajstić information content (AvgIpc) is 3.05. The zero-order chi connectivity index (χ0) is 24.2. The Hall–Kier alpha value is -3.89. The molecule has 3 aromatic rings. The molecule has 0 spiro atoms. The van der Waals surface area contributed by atoms with Crippen LogP contribution in [0.1, 0.15) is 16.8 Å². The summed E-state index contributed by atoms with van der Waals surface area (Å²) < 4.78 is 13.2. The molecule has 2 N–H and O–H groups in total. The standard InChI is InChI=1S/C23H17ClFN5O3S/c24-15-1-7-18(8-2-15)29-22(33)19(13-20(31)27-17-5-3-16(25)4-6-17)30(23(29)34)28-21(32)14-9-11-26-12-10-14/h1-12,19H,13H2,(H,27,31)(H,28,32). The highest BCUT2D eigenvalue weighted by Crippen LogP contribution is 2.27. The minimum atomic E-state index is -1.12. The maximum Gasteiger partial charge on any atom is 0.269 e. The number of anilines is 2. The van der Waals surface area contributed by atoms with Crippen molar-refractivity contribution < 1.29 is 18.8 Å². The van der Waals surface area contributed by atoms with Gasteiger partial charge in [0.15, 0.2) is 0 Å². The lowest BCUT2D eigenvalue weighted by atomic mass is 10.1. The number of carbonyl (C=O) groups excluding carboxylic acids is 3. The number of thiocarbonyl (C=S) groups is 1. The number of hydrazine groups is 1. The van der Waals surface area contributed by atoms with Gasteiger partial charge in [-0.05, 0) is 72.9 Å². The summed E-state index contributed by atoms with van der Waals surface area (Å²) in [6.07, 6.45) is 2.59. The molecule has 1 unspecified atom stereocenters. The lowest BCUT2D eigenvalue weighted by Crippen LogP contribution is -2.49. The fraction of sp³-hybridized carbons (Fsp3) is 0.0870. The summed E-state index contributed by atoms with van der Waals surface area (Å²) in [4.78, 5) is 43.9. The molecule has 34 heavy (non-hydrogen) atoms. The van der Waals surface area contributed by atoms with Crippen molar-refractivity contribution in [1.82, 2.24) is 15.4 Å². The molecule has 1 aliphatic rings. The molecule has 0 bridgehead atoms. The molecule has 1 atom stereocenters. The van der Waals surface area contributed by atoms with E-state index in [1.165, 1.54) is 58.7 Å². The van der Waals surface area contributed by atoms with Crippen molar-refractivity contribution >= 4 is 58.0 Å². The molecule has 11 heteroatoms. The second kappa shape index (κ2) is 9.94. The van der Waals surface area contributed by atoms with E-state index in [0.717, 1.165) is 0 Å². The van der Waals surface area contributed by atoms with Crippen LogP contribution >= 0.6 is 23.8 Å². The Morgan fingerprint density at radius 3 is 2.32 bits per heavy atom. The number of carbonyl (C=O) groups is 3. The van der Waals surface area contributed by atoms with Gasteiger partial charge in [0.05, 0.1) is 12.1 Å². The maximum atomic E-state index is 13.3. The average molecular weight is 498 g/mol. The van der Waals surface area contributed by atoms with Gasteiger partial charge in [0, 0.05) is 28.7 Å². The SMILES string of the molecule is O=C(CC1C(=O)N(c2ccc(Cl)cc2)C(=S)N1NC(=O)c1ccncc1)Nc1ccc(F)cc1. The Morgan fingerprint density at radius 1 is 1.03 bits per heavy atom. The molecular weight excluding hydrogens is 481 g/mol. The number of nitrogens with zero attached hydrogens (tertiary/aromatic N) is 3. The zero-order valence-corrected chi connectivity index (χ0v) is 19.0. The van der Waals surface area contributed by atoms with Crippen LogP contribution in [0, 0.1) is 5.82 Å². The Balaban J connectivity index is 1.59. The molecule has 1 aromatic heterocycles. The van der Waals surface area contributed by atoms with Crippen molar-refractivity contribution in [3.05, 3.63) is 89.5 Å². The van der Waals surface area contributed by atoms with Crippen LogP contribution in [0.25, 0.3) is 0 Å². The van der Waals surface area contributed by atoms with Gasteiger partial charge in [-0.1, -0.05) is 11.6 Å². The fourth-order valence-corrected chi connectivity index (χ4v) is 3.82. The molecular formula is C23H17ClFN5O3S. The highest BCUT2D eigenvalue weighted by Gasteiger charge is 2.45. The molecule has 3 amide bonds. The number of pyridine rings is 1. The highest BCUT2D eigenvalue weighted by molar-refractivity contribution is 7.80. The first-order valence-corrected chi connectivity index (χ1v) is 10.8. The van der Waals surface area contributed by atoms with Crippen LogP contribution in [0.2, 0.25) is 5.02 Å². The van der Waals surface area contributed by atoms with E-state index < -0.39 is 29.6 Å². The van der Waals surface area contributed by atoms with E-state index in [9.17, 15) is 18.8 Å². The number of rotatable bonds is 6. The van der Waals surface area contributed by atoms with Crippen molar-refractivity contribution in [3.63, 3.8) is 0 Å². The van der Waals surface area contributed by atoms with Gasteiger partial charge in [0.25, 0.3) is 11.8 Å². The summed E-state index contributed by atoms with van der Waals surface area (Å²) in [6.45, 7) is 0. The first-order valence-electron chi connectivity index (χ1n) is 10.0. The largest absolute Gasteiger partial charge is 0.326 e. The van der Waals surface area contributed by atoms with E-state index in [1.54, 1.807) is 24.3 Å². The summed E-state index contributed by atoms with van der Waals surface area (Å²) in [7, 11) is 0. The predicted octanol–water partition coefficient (Wildman–Crippen LogP) is 3.55. The molecule has 8 nitrogen and oxygen atoms in total. The first-order chi connectivity index (χ1) is 16.3. The van der Waals surface area contributed by atoms with Gasteiger partial charge >= 0.3 is 0 Å². The molecule has 1 fully saturated rings. The zero-order valence-electron chi connectivity index (χ0n) is 17.4. The number of hydrogen-bond acceptors (Lipinski definition) is 5. The van der Waals surface area contributed by atoms with E-state index in [4.69, 9.17) is 23.8 Å². The summed E-state index contributed by atoms with van der Waals surface area (Å²) in [5, 5.41) is 4.27. The summed E-state index contributed by atoms with van der Waals surface area (Å²) in [5.41, 5.74) is 3.71. The number of halogens is 2. The smallest absolute Gasteiger partial charge is 0.269 e. The molecule has 4 rings (SSSR count). The third-order valence-electron chi connectivity index (χ3n) is 4.97. The van der Waals surface area contributed by atoms with Gasteiger partial charge in [-0.3, -0.25) is 29.7 Å². The number of amides is 3. The Kier molecular flexibility index (Phi) is 6.80. The minimum Gasteiger partial charge on any atom is -0.326 e. The summed E-state index contributed by atoms with van der Waals surface area (Å²) in [6, 6.07) is 13.5. The van der Waals surface area contributed by atoms with E-state index >= 15 is 0 Å². The molecule has 0 radical (unpaired) electrons. The van der Waals surface area contributed by atoms with Gasteiger partial charge in [-0.25, -0.2) is 9.40 Å². The quantitative estimate of drug-likeness (QED) is 0.506. The highest BCUT2D eigenvalue weighted by atomic mass is 35.5. The molecule has 0 saturated carbocycles. The topological polar surface area (TPSA) is 94.6 Å². The number of aromatic nitrogens is 1. The van der Waals surface area contributed by atoms with Crippen molar-refractivity contribution in [3.8, 4) is 0 Å². The fourth-order valence-electron chi connectivity index (χ4n) is 3.33. The van der Waals surface area contributed by atoms with Gasteiger partial charge in [-0.2, -0.15) is 0 Å². The Labute approximate surface area is 204 Å². The van der Waals surface area contributed by atoms with Crippen LogP contribution in [0.15, 0.2) is 73.1 Å². The van der Waals surface area contributed by atoms with Gasteiger partial charge < -0.3 is 5.32 Å². The van der Waals surface area contributed by atoms with Gasteiger partial charge in [0.1, 0.15) is 11.9 Å². The monoisotopic (exact) mass is 497 g/mol. The van der Waals surface area contributed by atoms with Crippen LogP contribution in [0.4, 0.5) is 15.8 Å². The van der Waals surface area contributed by atoms with Crippen molar-refractivity contribution in [2.75, 3.05) is 10.2 Å². The van der Waals surface area contributed by atoms with Crippen LogP contribution in [-0.2, 0) is 9.59 Å². The van der Waals surface area contributed by atoms with Crippen molar-refractivity contribution in [2.24, 2.45) is 0 Å². The van der Waals surface area contributed by atoms with E-state index in [1.807, 2.05) is 0 Å².